The summed E-state index contributed by atoms with van der Waals surface area (Å²) < 4.78 is 2.09. The molecule has 0 aliphatic carbocycles. The molecular weight excluding hydrogens is 362 g/mol. The first kappa shape index (κ1) is 13.3. The van der Waals surface area contributed by atoms with E-state index in [1.165, 1.54) is 15.3 Å². The van der Waals surface area contributed by atoms with Gasteiger partial charge in [0.25, 0.3) is 0 Å². The number of rotatable bonds is 2. The van der Waals surface area contributed by atoms with Crippen molar-refractivity contribution >= 4 is 43.2 Å². The molecule has 1 nitrogen and oxygen atoms in total. The highest BCUT2D eigenvalue weighted by molar-refractivity contribution is 9.11. The van der Waals surface area contributed by atoms with Crippen LogP contribution in [0.4, 0.5) is 0 Å². The second kappa shape index (κ2) is 5.22. The number of benzene rings is 1. The highest BCUT2D eigenvalue weighted by atomic mass is 79.9. The Bertz CT molecular complexity index is 528. The topological polar surface area (TPSA) is 26.0 Å². The Hall–Kier alpha value is -0.160. The van der Waals surface area contributed by atoms with Gasteiger partial charge in [0.1, 0.15) is 0 Å². The lowest BCUT2D eigenvalue weighted by molar-refractivity contribution is 0.867. The van der Waals surface area contributed by atoms with E-state index < -0.39 is 0 Å². The SMILES string of the molecule is Cc1cc(C(N)c2cc(Br)cc(Br)c2)c(C)s1. The van der Waals surface area contributed by atoms with Crippen molar-refractivity contribution in [1.82, 2.24) is 0 Å². The van der Waals surface area contributed by atoms with Crippen LogP contribution in [0.3, 0.4) is 0 Å². The van der Waals surface area contributed by atoms with E-state index in [4.69, 9.17) is 5.73 Å². The predicted octanol–water partition coefficient (Wildman–Crippen LogP) is 4.94. The Morgan fingerprint density at radius 1 is 1.06 bits per heavy atom. The van der Waals surface area contributed by atoms with Gasteiger partial charge in [-0.1, -0.05) is 31.9 Å². The summed E-state index contributed by atoms with van der Waals surface area (Å²) in [6.45, 7) is 4.24. The maximum absolute atomic E-state index is 6.33. The molecule has 0 saturated heterocycles. The van der Waals surface area contributed by atoms with Gasteiger partial charge in [0.05, 0.1) is 6.04 Å². The van der Waals surface area contributed by atoms with Crippen LogP contribution in [-0.2, 0) is 0 Å². The molecule has 0 spiro atoms. The molecule has 0 aliphatic rings. The summed E-state index contributed by atoms with van der Waals surface area (Å²) in [6.07, 6.45) is 0. The van der Waals surface area contributed by atoms with E-state index in [-0.39, 0.29) is 6.04 Å². The van der Waals surface area contributed by atoms with Crippen LogP contribution in [0.15, 0.2) is 33.2 Å². The summed E-state index contributed by atoms with van der Waals surface area (Å²) in [5, 5.41) is 0. The van der Waals surface area contributed by atoms with Crippen molar-refractivity contribution in [2.45, 2.75) is 19.9 Å². The van der Waals surface area contributed by atoms with E-state index >= 15 is 0 Å². The van der Waals surface area contributed by atoms with Gasteiger partial charge in [-0.15, -0.1) is 11.3 Å². The standard InChI is InChI=1S/C13H13Br2NS/c1-7-3-12(8(2)17-7)13(16)9-4-10(14)6-11(15)5-9/h3-6,13H,16H2,1-2H3. The predicted molar refractivity (Wildman–Crippen MR) is 81.7 cm³/mol. The van der Waals surface area contributed by atoms with Crippen molar-refractivity contribution in [3.63, 3.8) is 0 Å². The van der Waals surface area contributed by atoms with Crippen LogP contribution in [0.2, 0.25) is 0 Å². The van der Waals surface area contributed by atoms with Crippen molar-refractivity contribution in [1.29, 1.82) is 0 Å². The minimum atomic E-state index is -0.0613. The van der Waals surface area contributed by atoms with Gasteiger partial charge >= 0.3 is 0 Å². The molecule has 90 valence electrons. The highest BCUT2D eigenvalue weighted by Crippen LogP contribution is 2.31. The van der Waals surface area contributed by atoms with Gasteiger partial charge in [-0.3, -0.25) is 0 Å². The number of halogens is 2. The van der Waals surface area contributed by atoms with Crippen molar-refractivity contribution in [3.05, 3.63) is 54.1 Å². The summed E-state index contributed by atoms with van der Waals surface area (Å²) in [6, 6.07) is 8.28. The summed E-state index contributed by atoms with van der Waals surface area (Å²) in [7, 11) is 0. The molecule has 17 heavy (non-hydrogen) atoms. The minimum absolute atomic E-state index is 0.0613. The molecule has 0 bridgehead atoms. The lowest BCUT2D eigenvalue weighted by Gasteiger charge is -2.13. The van der Waals surface area contributed by atoms with Gasteiger partial charge in [-0.2, -0.15) is 0 Å². The van der Waals surface area contributed by atoms with Crippen LogP contribution in [-0.4, -0.2) is 0 Å². The van der Waals surface area contributed by atoms with E-state index in [0.717, 1.165) is 14.5 Å². The number of aryl methyl sites for hydroxylation is 2. The highest BCUT2D eigenvalue weighted by Gasteiger charge is 2.14. The first-order valence-corrected chi connectivity index (χ1v) is 7.66. The lowest BCUT2D eigenvalue weighted by Crippen LogP contribution is -2.12. The third-order valence-electron chi connectivity index (χ3n) is 2.66. The number of hydrogen-bond acceptors (Lipinski definition) is 2. The Morgan fingerprint density at radius 3 is 2.12 bits per heavy atom. The molecule has 0 saturated carbocycles. The first-order chi connectivity index (χ1) is 7.97. The zero-order valence-corrected chi connectivity index (χ0v) is 13.6. The quantitative estimate of drug-likeness (QED) is 0.791. The Balaban J connectivity index is 2.43. The van der Waals surface area contributed by atoms with E-state index in [2.05, 4.69) is 63.9 Å². The van der Waals surface area contributed by atoms with Crippen LogP contribution in [0.5, 0.6) is 0 Å². The van der Waals surface area contributed by atoms with Crippen LogP contribution < -0.4 is 5.73 Å². The van der Waals surface area contributed by atoms with Gasteiger partial charge in [-0.05, 0) is 49.2 Å². The van der Waals surface area contributed by atoms with Crippen LogP contribution in [0.25, 0.3) is 0 Å². The second-order valence-corrected chi connectivity index (χ2v) is 7.34. The Morgan fingerprint density at radius 2 is 1.65 bits per heavy atom. The monoisotopic (exact) mass is 373 g/mol. The Labute approximate surface area is 122 Å². The van der Waals surface area contributed by atoms with Crippen molar-refractivity contribution in [3.8, 4) is 0 Å². The summed E-state index contributed by atoms with van der Waals surface area (Å²) in [5.41, 5.74) is 8.67. The molecule has 2 N–H and O–H groups in total. The van der Waals surface area contributed by atoms with Crippen molar-refractivity contribution in [2.75, 3.05) is 0 Å². The van der Waals surface area contributed by atoms with E-state index in [1.807, 2.05) is 6.07 Å². The van der Waals surface area contributed by atoms with Crippen molar-refractivity contribution < 1.29 is 0 Å². The average molecular weight is 375 g/mol. The molecule has 0 radical (unpaired) electrons. The molecule has 1 aromatic heterocycles. The van der Waals surface area contributed by atoms with Gasteiger partial charge in [0, 0.05) is 18.7 Å². The maximum atomic E-state index is 6.33. The average Bonchev–Trinajstić information content (AvgIpc) is 2.55. The molecule has 0 amide bonds. The zero-order valence-electron chi connectivity index (χ0n) is 9.63. The summed E-state index contributed by atoms with van der Waals surface area (Å²) >= 11 is 8.79. The molecule has 1 unspecified atom stereocenters. The van der Waals surface area contributed by atoms with E-state index in [0.29, 0.717) is 0 Å². The maximum Gasteiger partial charge on any atom is 0.0563 e. The van der Waals surface area contributed by atoms with Gasteiger partial charge in [0.15, 0.2) is 0 Å². The summed E-state index contributed by atoms with van der Waals surface area (Å²) in [4.78, 5) is 2.60. The van der Waals surface area contributed by atoms with Crippen molar-refractivity contribution in [2.24, 2.45) is 5.73 Å². The first-order valence-electron chi connectivity index (χ1n) is 5.26. The second-order valence-electron chi connectivity index (χ2n) is 4.05. The van der Waals surface area contributed by atoms with Gasteiger partial charge in [-0.25, -0.2) is 0 Å². The molecule has 4 heteroatoms. The smallest absolute Gasteiger partial charge is 0.0563 e. The van der Waals surface area contributed by atoms with Crippen LogP contribution in [0.1, 0.15) is 26.9 Å². The van der Waals surface area contributed by atoms with Gasteiger partial charge < -0.3 is 5.73 Å². The molecule has 2 aromatic rings. The Kier molecular flexibility index (Phi) is 4.08. The molecule has 1 aromatic carbocycles. The van der Waals surface area contributed by atoms with Crippen LogP contribution >= 0.6 is 43.2 Å². The van der Waals surface area contributed by atoms with E-state index in [1.54, 1.807) is 11.3 Å². The van der Waals surface area contributed by atoms with Gasteiger partial charge in [0.2, 0.25) is 0 Å². The third-order valence-corrected chi connectivity index (χ3v) is 4.56. The molecular formula is C13H13Br2NS. The number of hydrogen-bond donors (Lipinski definition) is 1. The summed E-state index contributed by atoms with van der Waals surface area (Å²) in [5.74, 6) is 0. The third kappa shape index (κ3) is 2.99. The van der Waals surface area contributed by atoms with E-state index in [9.17, 15) is 0 Å². The fourth-order valence-corrected chi connectivity index (χ4v) is 4.20. The molecule has 1 atom stereocenters. The molecule has 1 heterocycles. The zero-order chi connectivity index (χ0) is 12.6. The lowest BCUT2D eigenvalue weighted by atomic mass is 10.0. The number of thiophene rings is 1. The minimum Gasteiger partial charge on any atom is -0.320 e. The normalized spacial score (nSPS) is 12.8. The molecule has 2 rings (SSSR count). The fraction of sp³-hybridized carbons (Fsp3) is 0.231. The molecule has 0 aliphatic heterocycles. The largest absolute Gasteiger partial charge is 0.320 e. The fourth-order valence-electron chi connectivity index (χ4n) is 1.89. The number of nitrogens with two attached hydrogens (primary N) is 1. The van der Waals surface area contributed by atoms with Crippen LogP contribution in [0, 0.1) is 13.8 Å². The molecule has 0 fully saturated rings.